The predicted octanol–water partition coefficient (Wildman–Crippen LogP) is 1.16. The molecule has 2 aliphatic heterocycles. The maximum atomic E-state index is 12.9. The number of carbonyl (C=O) groups is 3. The summed E-state index contributed by atoms with van der Waals surface area (Å²) >= 11 is 0. The molecule has 7 nitrogen and oxygen atoms in total. The summed E-state index contributed by atoms with van der Waals surface area (Å²) in [5, 5.41) is 2.81. The molecule has 1 aromatic carbocycles. The minimum Gasteiger partial charge on any atom is -0.355 e. The molecule has 2 aliphatic rings. The number of likely N-dealkylation sites (tertiary alicyclic amines) is 1. The summed E-state index contributed by atoms with van der Waals surface area (Å²) in [7, 11) is 0. The first-order chi connectivity index (χ1) is 12.6. The Labute approximate surface area is 165 Å². The highest BCUT2D eigenvalue weighted by atomic mass is 35.5. The molecule has 27 heavy (non-hydrogen) atoms. The Balaban J connectivity index is 0.00000261. The van der Waals surface area contributed by atoms with E-state index in [-0.39, 0.29) is 36.0 Å². The molecule has 3 amide bonds. The molecular formula is C19H27ClN4O3. The summed E-state index contributed by atoms with van der Waals surface area (Å²) in [6.45, 7) is 2.62. The molecule has 0 aliphatic carbocycles. The molecule has 0 aromatic heterocycles. The van der Waals surface area contributed by atoms with E-state index < -0.39 is 0 Å². The highest BCUT2D eigenvalue weighted by Gasteiger charge is 2.29. The molecule has 1 unspecified atom stereocenters. The first kappa shape index (κ1) is 21.2. The number of benzene rings is 1. The van der Waals surface area contributed by atoms with Gasteiger partial charge in [-0.25, -0.2) is 0 Å². The molecule has 0 saturated carbocycles. The minimum absolute atomic E-state index is 0. The molecule has 148 valence electrons. The quantitative estimate of drug-likeness (QED) is 0.783. The summed E-state index contributed by atoms with van der Waals surface area (Å²) in [5.41, 5.74) is 6.76. The van der Waals surface area contributed by atoms with Crippen LogP contribution in [0.25, 0.3) is 0 Å². The number of nitrogens with zero attached hydrogens (tertiary/aromatic N) is 2. The van der Waals surface area contributed by atoms with Gasteiger partial charge in [0.1, 0.15) is 0 Å². The van der Waals surface area contributed by atoms with Crippen LogP contribution >= 0.6 is 12.4 Å². The third-order valence-electron chi connectivity index (χ3n) is 5.00. The summed E-state index contributed by atoms with van der Waals surface area (Å²) in [6, 6.07) is 7.22. The molecule has 3 rings (SSSR count). The fourth-order valence-corrected chi connectivity index (χ4v) is 3.63. The Bertz CT molecular complexity index is 697. The largest absolute Gasteiger partial charge is 0.355 e. The van der Waals surface area contributed by atoms with Gasteiger partial charge in [0.25, 0.3) is 5.91 Å². The van der Waals surface area contributed by atoms with Gasteiger partial charge >= 0.3 is 0 Å². The standard InChI is InChI=1S/C19H26N4O3.ClH/c20-8-9-21-18(25)15-5-2-10-22(13-15)19(26)14-4-1-6-16(12-14)23-11-3-7-17(23)24;/h1,4,6,12,15H,2-3,5,7-11,13,20H2,(H,21,25);1H. The lowest BCUT2D eigenvalue weighted by Crippen LogP contribution is -2.46. The van der Waals surface area contributed by atoms with Crippen LogP contribution in [0.15, 0.2) is 24.3 Å². The molecule has 2 fully saturated rings. The van der Waals surface area contributed by atoms with Crippen LogP contribution in [-0.2, 0) is 9.59 Å². The van der Waals surface area contributed by atoms with Crippen molar-refractivity contribution in [3.63, 3.8) is 0 Å². The SMILES string of the molecule is Cl.NCCNC(=O)C1CCCN(C(=O)c2cccc(N3CCCC3=O)c2)C1. The van der Waals surface area contributed by atoms with Crippen LogP contribution in [0.5, 0.6) is 0 Å². The number of nitrogens with one attached hydrogen (secondary N) is 1. The van der Waals surface area contributed by atoms with Crippen LogP contribution in [-0.4, -0.2) is 55.3 Å². The first-order valence-electron chi connectivity index (χ1n) is 9.27. The van der Waals surface area contributed by atoms with Gasteiger partial charge in [-0.05, 0) is 37.5 Å². The predicted molar refractivity (Wildman–Crippen MR) is 106 cm³/mol. The van der Waals surface area contributed by atoms with Gasteiger partial charge in [-0.1, -0.05) is 6.07 Å². The van der Waals surface area contributed by atoms with Crippen molar-refractivity contribution in [1.82, 2.24) is 10.2 Å². The summed E-state index contributed by atoms with van der Waals surface area (Å²) in [6.07, 6.45) is 2.99. The van der Waals surface area contributed by atoms with Crippen molar-refractivity contribution in [2.75, 3.05) is 37.6 Å². The molecule has 1 aromatic rings. The second-order valence-corrected chi connectivity index (χ2v) is 6.87. The van der Waals surface area contributed by atoms with Crippen molar-refractivity contribution >= 4 is 35.8 Å². The topological polar surface area (TPSA) is 95.7 Å². The molecule has 2 heterocycles. The summed E-state index contributed by atoms with van der Waals surface area (Å²) in [5.74, 6) is -0.217. The number of amides is 3. The van der Waals surface area contributed by atoms with Crippen LogP contribution in [0.3, 0.4) is 0 Å². The van der Waals surface area contributed by atoms with Gasteiger partial charge in [0.15, 0.2) is 0 Å². The number of hydrogen-bond acceptors (Lipinski definition) is 4. The van der Waals surface area contributed by atoms with Crippen LogP contribution in [0.2, 0.25) is 0 Å². The van der Waals surface area contributed by atoms with Crippen LogP contribution in [0.4, 0.5) is 5.69 Å². The average molecular weight is 395 g/mol. The number of hydrogen-bond donors (Lipinski definition) is 2. The maximum Gasteiger partial charge on any atom is 0.253 e. The third-order valence-corrected chi connectivity index (χ3v) is 5.00. The number of nitrogens with two attached hydrogens (primary N) is 1. The van der Waals surface area contributed by atoms with Crippen molar-refractivity contribution in [3.05, 3.63) is 29.8 Å². The number of halogens is 1. The Hall–Kier alpha value is -2.12. The van der Waals surface area contributed by atoms with Gasteiger partial charge in [-0.3, -0.25) is 14.4 Å². The van der Waals surface area contributed by atoms with Crippen molar-refractivity contribution in [1.29, 1.82) is 0 Å². The second kappa shape index (κ2) is 9.71. The fourth-order valence-electron chi connectivity index (χ4n) is 3.63. The van der Waals surface area contributed by atoms with Gasteiger partial charge in [0.05, 0.1) is 5.92 Å². The lowest BCUT2D eigenvalue weighted by molar-refractivity contribution is -0.126. The normalized spacial score (nSPS) is 19.6. The van der Waals surface area contributed by atoms with Gasteiger partial charge in [0.2, 0.25) is 11.8 Å². The molecular weight excluding hydrogens is 368 g/mol. The lowest BCUT2D eigenvalue weighted by atomic mass is 9.96. The lowest BCUT2D eigenvalue weighted by Gasteiger charge is -2.32. The molecule has 3 N–H and O–H groups in total. The van der Waals surface area contributed by atoms with Gasteiger partial charge in [-0.2, -0.15) is 0 Å². The van der Waals surface area contributed by atoms with E-state index >= 15 is 0 Å². The zero-order valence-corrected chi connectivity index (χ0v) is 16.2. The number of carbonyl (C=O) groups excluding carboxylic acids is 3. The van der Waals surface area contributed by atoms with E-state index in [1.165, 1.54) is 0 Å². The Morgan fingerprint density at radius 3 is 2.74 bits per heavy atom. The second-order valence-electron chi connectivity index (χ2n) is 6.87. The Kier molecular flexibility index (Phi) is 7.62. The van der Waals surface area contributed by atoms with Gasteiger partial charge in [-0.15, -0.1) is 12.4 Å². The number of anilines is 1. The van der Waals surface area contributed by atoms with Crippen molar-refractivity contribution < 1.29 is 14.4 Å². The minimum atomic E-state index is -0.192. The molecule has 0 radical (unpaired) electrons. The van der Waals surface area contributed by atoms with E-state index in [0.717, 1.165) is 24.9 Å². The van der Waals surface area contributed by atoms with E-state index in [9.17, 15) is 14.4 Å². The van der Waals surface area contributed by atoms with Crippen molar-refractivity contribution in [2.24, 2.45) is 11.7 Å². The Morgan fingerprint density at radius 2 is 2.04 bits per heavy atom. The fraction of sp³-hybridized carbons (Fsp3) is 0.526. The van der Waals surface area contributed by atoms with Gasteiger partial charge < -0.3 is 20.9 Å². The van der Waals surface area contributed by atoms with E-state index in [0.29, 0.717) is 44.7 Å². The molecule has 1 atom stereocenters. The number of piperidine rings is 1. The molecule has 0 spiro atoms. The van der Waals surface area contributed by atoms with E-state index in [2.05, 4.69) is 5.32 Å². The van der Waals surface area contributed by atoms with E-state index in [4.69, 9.17) is 5.73 Å². The zero-order valence-electron chi connectivity index (χ0n) is 15.4. The summed E-state index contributed by atoms with van der Waals surface area (Å²) < 4.78 is 0. The maximum absolute atomic E-state index is 12.9. The van der Waals surface area contributed by atoms with E-state index in [1.54, 1.807) is 21.9 Å². The molecule has 2 saturated heterocycles. The summed E-state index contributed by atoms with van der Waals surface area (Å²) in [4.78, 5) is 40.5. The van der Waals surface area contributed by atoms with Crippen molar-refractivity contribution in [2.45, 2.75) is 25.7 Å². The monoisotopic (exact) mass is 394 g/mol. The van der Waals surface area contributed by atoms with Crippen molar-refractivity contribution in [3.8, 4) is 0 Å². The molecule has 0 bridgehead atoms. The average Bonchev–Trinajstić information content (AvgIpc) is 3.11. The van der Waals surface area contributed by atoms with Gasteiger partial charge in [0, 0.05) is 50.4 Å². The van der Waals surface area contributed by atoms with Crippen LogP contribution < -0.4 is 16.0 Å². The number of rotatable bonds is 5. The smallest absolute Gasteiger partial charge is 0.253 e. The third kappa shape index (κ3) is 4.99. The van der Waals surface area contributed by atoms with Crippen LogP contribution in [0, 0.1) is 5.92 Å². The highest BCUT2D eigenvalue weighted by molar-refractivity contribution is 5.99. The zero-order chi connectivity index (χ0) is 18.5. The van der Waals surface area contributed by atoms with Crippen LogP contribution in [0.1, 0.15) is 36.0 Å². The highest BCUT2D eigenvalue weighted by Crippen LogP contribution is 2.24. The Morgan fingerprint density at radius 1 is 1.22 bits per heavy atom. The van der Waals surface area contributed by atoms with E-state index in [1.807, 2.05) is 12.1 Å². The molecule has 8 heteroatoms. The first-order valence-corrected chi connectivity index (χ1v) is 9.27.